The fraction of sp³-hybridized carbons (Fsp3) is 0.375. The van der Waals surface area contributed by atoms with Crippen LogP contribution >= 0.6 is 0 Å². The van der Waals surface area contributed by atoms with E-state index in [1.54, 1.807) is 31.2 Å². The molecule has 2 aromatic rings. The van der Waals surface area contributed by atoms with Crippen molar-refractivity contribution in [2.24, 2.45) is 0 Å². The van der Waals surface area contributed by atoms with E-state index in [9.17, 15) is 13.2 Å². The van der Waals surface area contributed by atoms with Crippen molar-refractivity contribution in [2.45, 2.75) is 19.4 Å². The highest BCUT2D eigenvalue weighted by atomic mass is 32.2. The van der Waals surface area contributed by atoms with Crippen molar-refractivity contribution in [3.63, 3.8) is 0 Å². The molecule has 1 aliphatic heterocycles. The molecule has 1 aliphatic rings. The van der Waals surface area contributed by atoms with Crippen LogP contribution in [-0.2, 0) is 14.6 Å². The van der Waals surface area contributed by atoms with Crippen molar-refractivity contribution in [1.82, 2.24) is 15.2 Å². The first-order chi connectivity index (χ1) is 12.5. The summed E-state index contributed by atoms with van der Waals surface area (Å²) in [5, 5.41) is 13.8. The number of carbonyl (C=O) groups excluding carboxylic acids is 1. The van der Waals surface area contributed by atoms with E-state index in [0.717, 1.165) is 0 Å². The molecule has 0 saturated carbocycles. The predicted octanol–water partition coefficient (Wildman–Crippen LogP) is 1.39. The van der Waals surface area contributed by atoms with Gasteiger partial charge >= 0.3 is 5.97 Å². The Kier molecular flexibility index (Phi) is 5.31. The fourth-order valence-corrected chi connectivity index (χ4v) is 4.32. The average Bonchev–Trinajstić information content (AvgIpc) is 2.94. The van der Waals surface area contributed by atoms with Crippen molar-refractivity contribution in [3.8, 4) is 0 Å². The van der Waals surface area contributed by atoms with Gasteiger partial charge in [-0.1, -0.05) is 12.1 Å². The van der Waals surface area contributed by atoms with E-state index in [2.05, 4.69) is 25.8 Å². The Balaban J connectivity index is 1.74. The number of benzene rings is 1. The van der Waals surface area contributed by atoms with Gasteiger partial charge in [0.2, 0.25) is 5.95 Å². The summed E-state index contributed by atoms with van der Waals surface area (Å²) in [4.78, 5) is 16.3. The van der Waals surface area contributed by atoms with E-state index in [-0.39, 0.29) is 30.1 Å². The van der Waals surface area contributed by atoms with Crippen molar-refractivity contribution in [1.29, 1.82) is 0 Å². The molecule has 0 amide bonds. The molecule has 3 rings (SSSR count). The van der Waals surface area contributed by atoms with E-state index in [0.29, 0.717) is 23.5 Å². The highest BCUT2D eigenvalue weighted by Gasteiger charge is 2.28. The largest absolute Gasteiger partial charge is 0.462 e. The second kappa shape index (κ2) is 7.65. The van der Waals surface area contributed by atoms with Gasteiger partial charge in [-0.2, -0.15) is 10.1 Å². The van der Waals surface area contributed by atoms with E-state index < -0.39 is 15.8 Å². The van der Waals surface area contributed by atoms with Crippen LogP contribution in [0.2, 0.25) is 0 Å². The molecule has 1 aromatic carbocycles. The van der Waals surface area contributed by atoms with Crippen LogP contribution in [0.1, 0.15) is 23.7 Å². The maximum atomic E-state index is 12.0. The Morgan fingerprint density at radius 2 is 2.15 bits per heavy atom. The highest BCUT2D eigenvalue weighted by Crippen LogP contribution is 2.21. The molecule has 1 unspecified atom stereocenters. The standard InChI is InChI=1S/C16H19N5O4S/c1-2-25-15(22)12-5-3-4-6-13(12)19-16-20-14(9-17-21-16)18-11-7-8-26(23,24)10-11/h3-6,9,11H,2,7-8,10H2,1H3,(H2,18,19,20,21). The number of anilines is 3. The first-order valence-electron chi connectivity index (χ1n) is 8.16. The topological polar surface area (TPSA) is 123 Å². The summed E-state index contributed by atoms with van der Waals surface area (Å²) in [5.74, 6) is 0.395. The van der Waals surface area contributed by atoms with Gasteiger partial charge in [0, 0.05) is 6.04 Å². The van der Waals surface area contributed by atoms with Gasteiger partial charge in [-0.3, -0.25) is 0 Å². The molecule has 1 saturated heterocycles. The second-order valence-corrected chi connectivity index (χ2v) is 8.03. The van der Waals surface area contributed by atoms with Gasteiger partial charge in [0.25, 0.3) is 0 Å². The molecule has 0 bridgehead atoms. The third-order valence-electron chi connectivity index (χ3n) is 3.81. The monoisotopic (exact) mass is 377 g/mol. The van der Waals surface area contributed by atoms with Crippen LogP contribution in [0.15, 0.2) is 30.5 Å². The molecule has 0 aliphatic carbocycles. The maximum absolute atomic E-state index is 12.0. The van der Waals surface area contributed by atoms with Crippen LogP contribution in [0.25, 0.3) is 0 Å². The van der Waals surface area contributed by atoms with Crippen LogP contribution < -0.4 is 10.6 Å². The number of nitrogens with one attached hydrogen (secondary N) is 2. The summed E-state index contributed by atoms with van der Waals surface area (Å²) >= 11 is 0. The number of ether oxygens (including phenoxy) is 1. The third-order valence-corrected chi connectivity index (χ3v) is 5.58. The first kappa shape index (κ1) is 18.1. The number of rotatable bonds is 6. The van der Waals surface area contributed by atoms with E-state index in [1.165, 1.54) is 6.20 Å². The summed E-state index contributed by atoms with van der Waals surface area (Å²) in [6, 6.07) is 6.65. The average molecular weight is 377 g/mol. The van der Waals surface area contributed by atoms with Crippen LogP contribution in [0, 0.1) is 0 Å². The molecule has 1 fully saturated rings. The van der Waals surface area contributed by atoms with Crippen molar-refractivity contribution in [3.05, 3.63) is 36.0 Å². The predicted molar refractivity (Wildman–Crippen MR) is 96.2 cm³/mol. The van der Waals surface area contributed by atoms with Crippen LogP contribution in [0.5, 0.6) is 0 Å². The SMILES string of the molecule is CCOC(=O)c1ccccc1Nc1nncc(NC2CCS(=O)(=O)C2)n1. The number of esters is 1. The molecule has 2 heterocycles. The van der Waals surface area contributed by atoms with Crippen molar-refractivity contribution in [2.75, 3.05) is 28.7 Å². The Bertz CT molecular complexity index is 903. The molecule has 9 nitrogen and oxygen atoms in total. The van der Waals surface area contributed by atoms with E-state index >= 15 is 0 Å². The molecular formula is C16H19N5O4S. The number of aromatic nitrogens is 3. The number of carbonyl (C=O) groups is 1. The van der Waals surface area contributed by atoms with Crippen LogP contribution in [-0.4, -0.2) is 53.7 Å². The number of hydrogen-bond acceptors (Lipinski definition) is 9. The van der Waals surface area contributed by atoms with Gasteiger partial charge in [-0.15, -0.1) is 5.10 Å². The lowest BCUT2D eigenvalue weighted by Crippen LogP contribution is -2.21. The molecular weight excluding hydrogens is 358 g/mol. The number of hydrogen-bond donors (Lipinski definition) is 2. The highest BCUT2D eigenvalue weighted by molar-refractivity contribution is 7.91. The van der Waals surface area contributed by atoms with Crippen LogP contribution in [0.4, 0.5) is 17.5 Å². The molecule has 1 aromatic heterocycles. The molecule has 26 heavy (non-hydrogen) atoms. The van der Waals surface area contributed by atoms with Crippen LogP contribution in [0.3, 0.4) is 0 Å². The third kappa shape index (κ3) is 4.45. The van der Waals surface area contributed by atoms with Gasteiger partial charge in [0.15, 0.2) is 15.7 Å². The lowest BCUT2D eigenvalue weighted by Gasteiger charge is -2.13. The zero-order valence-corrected chi connectivity index (χ0v) is 15.0. The van der Waals surface area contributed by atoms with Crippen molar-refractivity contribution < 1.29 is 17.9 Å². The lowest BCUT2D eigenvalue weighted by atomic mass is 10.2. The minimum atomic E-state index is -2.99. The molecule has 2 N–H and O–H groups in total. The minimum Gasteiger partial charge on any atom is -0.462 e. The van der Waals surface area contributed by atoms with Gasteiger partial charge in [0.1, 0.15) is 0 Å². The molecule has 0 radical (unpaired) electrons. The smallest absolute Gasteiger partial charge is 0.340 e. The summed E-state index contributed by atoms with van der Waals surface area (Å²) in [7, 11) is -2.99. The number of para-hydroxylation sites is 1. The quantitative estimate of drug-likeness (QED) is 0.719. The Morgan fingerprint density at radius 1 is 1.35 bits per heavy atom. The van der Waals surface area contributed by atoms with Gasteiger partial charge in [-0.05, 0) is 25.5 Å². The maximum Gasteiger partial charge on any atom is 0.340 e. The molecule has 1 atom stereocenters. The Hall–Kier alpha value is -2.75. The summed E-state index contributed by atoms with van der Waals surface area (Å²) in [6.45, 7) is 2.01. The second-order valence-electron chi connectivity index (χ2n) is 5.80. The molecule has 0 spiro atoms. The van der Waals surface area contributed by atoms with Gasteiger partial charge < -0.3 is 15.4 Å². The molecule has 138 valence electrons. The summed E-state index contributed by atoms with van der Waals surface area (Å²) in [5.41, 5.74) is 0.853. The zero-order valence-electron chi connectivity index (χ0n) is 14.2. The fourth-order valence-electron chi connectivity index (χ4n) is 2.64. The minimum absolute atomic E-state index is 0.0749. The van der Waals surface area contributed by atoms with E-state index in [1.807, 2.05) is 0 Å². The Labute approximate surface area is 151 Å². The summed E-state index contributed by atoms with van der Waals surface area (Å²) < 4.78 is 28.1. The Morgan fingerprint density at radius 3 is 2.88 bits per heavy atom. The lowest BCUT2D eigenvalue weighted by molar-refractivity contribution is 0.0527. The first-order valence-corrected chi connectivity index (χ1v) is 9.99. The van der Waals surface area contributed by atoms with Crippen molar-refractivity contribution >= 4 is 33.3 Å². The van der Waals surface area contributed by atoms with E-state index in [4.69, 9.17) is 4.74 Å². The van der Waals surface area contributed by atoms with Gasteiger partial charge in [0.05, 0.1) is 35.6 Å². The normalized spacial score (nSPS) is 18.3. The van der Waals surface area contributed by atoms with Gasteiger partial charge in [-0.25, -0.2) is 13.2 Å². The molecule has 10 heteroatoms. The number of nitrogens with zero attached hydrogens (tertiary/aromatic N) is 3. The summed E-state index contributed by atoms with van der Waals surface area (Å²) in [6.07, 6.45) is 1.95. The zero-order chi connectivity index (χ0) is 18.6. The number of sulfone groups is 1.